The Kier molecular flexibility index (Phi) is 4.49. The number of alkyl halides is 3. The normalized spacial score (nSPS) is 12.1. The van der Waals surface area contributed by atoms with Gasteiger partial charge >= 0.3 is 6.18 Å². The number of aryl methyl sites for hydroxylation is 1. The van der Waals surface area contributed by atoms with Crippen LogP contribution in [0.1, 0.15) is 12.0 Å². The average Bonchev–Trinajstić information content (AvgIpc) is 2.14. The fourth-order valence-electron chi connectivity index (χ4n) is 1.25. The van der Waals surface area contributed by atoms with Crippen LogP contribution in [0.5, 0.6) is 0 Å². The maximum atomic E-state index is 12.0. The Morgan fingerprint density at radius 3 is 2.27 bits per heavy atom. The summed E-state index contributed by atoms with van der Waals surface area (Å²) in [5.74, 6) is 0. The van der Waals surface area contributed by atoms with E-state index in [2.05, 4.69) is 0 Å². The smallest absolute Gasteiger partial charge is 0.171 e. The van der Waals surface area contributed by atoms with Gasteiger partial charge in [0.15, 0.2) is 0 Å². The highest BCUT2D eigenvalue weighted by molar-refractivity contribution is 7.39. The van der Waals surface area contributed by atoms with Crippen LogP contribution in [0.15, 0.2) is 24.3 Å². The van der Waals surface area contributed by atoms with Crippen LogP contribution < -0.4 is 5.19 Å². The molecule has 0 radical (unpaired) electrons. The SMILES string of the molecule is FC(F)(F)CCc1ccccc1[SiH](Cl)Cl. The third kappa shape index (κ3) is 4.45. The molecule has 84 valence electrons. The minimum atomic E-state index is -4.14. The van der Waals surface area contributed by atoms with Gasteiger partial charge < -0.3 is 0 Å². The van der Waals surface area contributed by atoms with Crippen LogP contribution in [0, 0.1) is 0 Å². The zero-order chi connectivity index (χ0) is 11.5. The summed E-state index contributed by atoms with van der Waals surface area (Å²) in [6, 6.07) is 6.77. The van der Waals surface area contributed by atoms with E-state index in [1.54, 1.807) is 24.3 Å². The second-order valence-corrected chi connectivity index (χ2v) is 7.63. The van der Waals surface area contributed by atoms with Crippen molar-refractivity contribution in [2.75, 3.05) is 0 Å². The third-order valence-corrected chi connectivity index (χ3v) is 4.41. The van der Waals surface area contributed by atoms with Gasteiger partial charge in [-0.15, -0.1) is 22.2 Å². The van der Waals surface area contributed by atoms with Crippen LogP contribution in [0.2, 0.25) is 0 Å². The summed E-state index contributed by atoms with van der Waals surface area (Å²) in [5, 5.41) is 0.685. The van der Waals surface area contributed by atoms with E-state index in [0.717, 1.165) is 0 Å². The Morgan fingerprint density at radius 2 is 1.73 bits per heavy atom. The maximum Gasteiger partial charge on any atom is 0.389 e. The summed E-state index contributed by atoms with van der Waals surface area (Å²) in [5.41, 5.74) is 0.608. The molecule has 0 aliphatic carbocycles. The summed E-state index contributed by atoms with van der Waals surface area (Å²) in [4.78, 5) is 0. The highest BCUT2D eigenvalue weighted by Crippen LogP contribution is 2.21. The summed E-state index contributed by atoms with van der Waals surface area (Å²) < 4.78 is 36.1. The first-order chi connectivity index (χ1) is 6.90. The second kappa shape index (κ2) is 5.23. The van der Waals surface area contributed by atoms with Gasteiger partial charge in [-0.2, -0.15) is 13.2 Å². The van der Waals surface area contributed by atoms with Gasteiger partial charge in [0.2, 0.25) is 0 Å². The maximum absolute atomic E-state index is 12.0. The summed E-state index contributed by atoms with van der Waals surface area (Å²) in [7, 11) is -2.08. The molecule has 0 aliphatic heterocycles. The fourth-order valence-corrected chi connectivity index (χ4v) is 3.31. The molecule has 1 aromatic rings. The van der Waals surface area contributed by atoms with E-state index in [-0.39, 0.29) is 6.42 Å². The van der Waals surface area contributed by atoms with Gasteiger partial charge in [-0.25, -0.2) is 0 Å². The largest absolute Gasteiger partial charge is 0.389 e. The lowest BCUT2D eigenvalue weighted by molar-refractivity contribution is -0.133. The van der Waals surface area contributed by atoms with E-state index < -0.39 is 20.0 Å². The van der Waals surface area contributed by atoms with Crippen molar-refractivity contribution in [1.29, 1.82) is 0 Å². The molecule has 0 aliphatic rings. The lowest BCUT2D eigenvalue weighted by Gasteiger charge is -2.10. The van der Waals surface area contributed by atoms with E-state index >= 15 is 0 Å². The summed E-state index contributed by atoms with van der Waals surface area (Å²) in [6.45, 7) is 0. The highest BCUT2D eigenvalue weighted by Gasteiger charge is 2.27. The summed E-state index contributed by atoms with van der Waals surface area (Å²) in [6.07, 6.45) is -5.02. The van der Waals surface area contributed by atoms with E-state index in [0.29, 0.717) is 10.8 Å². The molecule has 0 bridgehead atoms. The lowest BCUT2D eigenvalue weighted by atomic mass is 10.1. The van der Waals surface area contributed by atoms with Crippen LogP contribution in [0.25, 0.3) is 0 Å². The number of hydrogen-bond donors (Lipinski definition) is 0. The van der Waals surface area contributed by atoms with Crippen molar-refractivity contribution in [3.05, 3.63) is 29.8 Å². The molecule has 0 unspecified atom stereocenters. The molecule has 6 heteroatoms. The molecule has 0 atom stereocenters. The van der Waals surface area contributed by atoms with Crippen LogP contribution >= 0.6 is 22.2 Å². The van der Waals surface area contributed by atoms with Crippen LogP contribution in [0.3, 0.4) is 0 Å². The first kappa shape index (κ1) is 12.9. The number of benzene rings is 1. The van der Waals surface area contributed by atoms with E-state index in [1.807, 2.05) is 0 Å². The Hall–Kier alpha value is -0.193. The van der Waals surface area contributed by atoms with Crippen molar-refractivity contribution in [1.82, 2.24) is 0 Å². The molecule has 15 heavy (non-hydrogen) atoms. The van der Waals surface area contributed by atoms with Crippen LogP contribution in [-0.2, 0) is 6.42 Å². The molecule has 0 aromatic heterocycles. The molecule has 0 fully saturated rings. The van der Waals surface area contributed by atoms with Crippen molar-refractivity contribution < 1.29 is 13.2 Å². The van der Waals surface area contributed by atoms with Gasteiger partial charge in [-0.3, -0.25) is 0 Å². The van der Waals surface area contributed by atoms with Crippen molar-refractivity contribution in [2.24, 2.45) is 0 Å². The molecular formula is C9H9Cl2F3Si. The molecule has 1 rings (SSSR count). The van der Waals surface area contributed by atoms with Gasteiger partial charge in [0.05, 0.1) is 0 Å². The number of rotatable bonds is 3. The molecule has 0 N–H and O–H groups in total. The molecular weight excluding hydrogens is 264 g/mol. The van der Waals surface area contributed by atoms with Crippen molar-refractivity contribution in [3.63, 3.8) is 0 Å². The molecule has 0 heterocycles. The first-order valence-electron chi connectivity index (χ1n) is 4.33. The first-order valence-corrected chi connectivity index (χ1v) is 8.40. The van der Waals surface area contributed by atoms with Crippen molar-refractivity contribution in [3.8, 4) is 0 Å². The second-order valence-electron chi connectivity index (χ2n) is 3.11. The monoisotopic (exact) mass is 272 g/mol. The van der Waals surface area contributed by atoms with Gasteiger partial charge in [0.1, 0.15) is 0 Å². The van der Waals surface area contributed by atoms with E-state index in [4.69, 9.17) is 22.2 Å². The Labute approximate surface area is 97.0 Å². The fraction of sp³-hybridized carbons (Fsp3) is 0.333. The zero-order valence-corrected chi connectivity index (χ0v) is 10.4. The minimum Gasteiger partial charge on any atom is -0.171 e. The van der Waals surface area contributed by atoms with E-state index in [9.17, 15) is 13.2 Å². The van der Waals surface area contributed by atoms with Crippen LogP contribution in [0.4, 0.5) is 13.2 Å². The molecule has 0 amide bonds. The lowest BCUT2D eigenvalue weighted by Crippen LogP contribution is -2.24. The molecule has 1 aromatic carbocycles. The van der Waals surface area contributed by atoms with Crippen molar-refractivity contribution in [2.45, 2.75) is 19.0 Å². The number of hydrogen-bond acceptors (Lipinski definition) is 0. The Morgan fingerprint density at radius 1 is 1.13 bits per heavy atom. The van der Waals surface area contributed by atoms with Crippen molar-refractivity contribution >= 4 is 34.8 Å². The zero-order valence-electron chi connectivity index (χ0n) is 7.69. The Balaban J connectivity index is 2.76. The van der Waals surface area contributed by atoms with Gasteiger partial charge in [0.25, 0.3) is 7.42 Å². The molecule has 0 saturated heterocycles. The highest BCUT2D eigenvalue weighted by atomic mass is 35.7. The Bertz CT molecular complexity index is 325. The molecule has 0 nitrogen and oxygen atoms in total. The minimum absolute atomic E-state index is 0.0530. The average molecular weight is 273 g/mol. The quantitative estimate of drug-likeness (QED) is 0.586. The standard InChI is InChI=1S/C9H9Cl2F3Si/c10-15(11)8-4-2-1-3-7(8)5-6-9(12,13)14/h1-4,15H,5-6H2. The predicted molar refractivity (Wildman–Crippen MR) is 59.3 cm³/mol. The molecule has 0 saturated carbocycles. The topological polar surface area (TPSA) is 0 Å². The number of halogens is 5. The van der Waals surface area contributed by atoms with E-state index in [1.165, 1.54) is 0 Å². The summed E-state index contributed by atoms with van der Waals surface area (Å²) >= 11 is 11.6. The van der Waals surface area contributed by atoms with Gasteiger partial charge in [-0.1, -0.05) is 24.3 Å². The molecule has 0 spiro atoms. The van der Waals surface area contributed by atoms with Gasteiger partial charge in [-0.05, 0) is 17.2 Å². The third-order valence-electron chi connectivity index (χ3n) is 1.97. The van der Waals surface area contributed by atoms with Gasteiger partial charge in [0, 0.05) is 6.42 Å². The van der Waals surface area contributed by atoms with Crippen LogP contribution in [-0.4, -0.2) is 13.6 Å². The predicted octanol–water partition coefficient (Wildman–Crippen LogP) is 3.09.